The molecule has 4 rings (SSSR count). The second kappa shape index (κ2) is 11.1. The molecule has 1 aliphatic heterocycles. The predicted molar refractivity (Wildman–Crippen MR) is 137 cm³/mol. The number of hydrogen-bond acceptors (Lipinski definition) is 6. The zero-order chi connectivity index (χ0) is 24.8. The van der Waals surface area contributed by atoms with Gasteiger partial charge in [0.1, 0.15) is 13.2 Å². The molecule has 0 spiro atoms. The first-order valence-electron chi connectivity index (χ1n) is 10.6. The monoisotopic (exact) mass is 508 g/mol. The first kappa shape index (κ1) is 24.4. The highest BCUT2D eigenvalue weighted by Gasteiger charge is 2.36. The van der Waals surface area contributed by atoms with Crippen LogP contribution in [0.25, 0.3) is 6.08 Å². The van der Waals surface area contributed by atoms with Gasteiger partial charge in [-0.05, 0) is 53.2 Å². The highest BCUT2D eigenvalue weighted by atomic mass is 35.5. The average molecular weight is 509 g/mol. The highest BCUT2D eigenvalue weighted by Crippen LogP contribution is 2.39. The SMILES string of the molecule is COc1cc(/C=C2\SC(=O)N(CC(=O)Nc3ccccc3)C2=O)cc(Cl)c1OCc1ccccc1. The minimum absolute atomic E-state index is 0.179. The number of anilines is 1. The first-order valence-corrected chi connectivity index (χ1v) is 11.8. The van der Waals surface area contributed by atoms with Crippen molar-refractivity contribution in [2.24, 2.45) is 0 Å². The Morgan fingerprint density at radius 1 is 1.06 bits per heavy atom. The second-order valence-corrected chi connectivity index (χ2v) is 8.89. The van der Waals surface area contributed by atoms with Crippen molar-refractivity contribution in [3.63, 3.8) is 0 Å². The van der Waals surface area contributed by atoms with E-state index in [1.54, 1.807) is 36.4 Å². The van der Waals surface area contributed by atoms with Crippen molar-refractivity contribution in [2.45, 2.75) is 6.61 Å². The number of halogens is 1. The molecule has 0 radical (unpaired) electrons. The van der Waals surface area contributed by atoms with Crippen LogP contribution in [0.3, 0.4) is 0 Å². The third-order valence-electron chi connectivity index (χ3n) is 5.01. The number of nitrogens with one attached hydrogen (secondary N) is 1. The third-order valence-corrected chi connectivity index (χ3v) is 6.20. The maximum atomic E-state index is 12.8. The predicted octanol–water partition coefficient (Wildman–Crippen LogP) is 5.60. The molecule has 1 aliphatic rings. The van der Waals surface area contributed by atoms with Gasteiger partial charge in [-0.25, -0.2) is 0 Å². The standard InChI is InChI=1S/C26H21ClN2O5S/c1-33-21-13-18(12-20(27)24(21)34-16-17-8-4-2-5-9-17)14-22-25(31)29(26(32)35-22)15-23(30)28-19-10-6-3-7-11-19/h2-14H,15-16H2,1H3,(H,28,30)/b22-14-. The van der Waals surface area contributed by atoms with Crippen molar-refractivity contribution < 1.29 is 23.9 Å². The molecule has 178 valence electrons. The van der Waals surface area contributed by atoms with E-state index in [-0.39, 0.29) is 11.4 Å². The number of para-hydroxylation sites is 1. The number of ether oxygens (including phenoxy) is 2. The van der Waals surface area contributed by atoms with E-state index in [0.29, 0.717) is 34.4 Å². The Hall–Kier alpha value is -3.75. The smallest absolute Gasteiger partial charge is 0.294 e. The van der Waals surface area contributed by atoms with Crippen LogP contribution in [-0.4, -0.2) is 35.6 Å². The Kier molecular flexibility index (Phi) is 7.74. The second-order valence-electron chi connectivity index (χ2n) is 7.49. The molecule has 1 fully saturated rings. The summed E-state index contributed by atoms with van der Waals surface area (Å²) in [6.07, 6.45) is 1.54. The molecule has 0 atom stereocenters. The molecular formula is C26H21ClN2O5S. The van der Waals surface area contributed by atoms with E-state index in [0.717, 1.165) is 22.2 Å². The van der Waals surface area contributed by atoms with E-state index >= 15 is 0 Å². The van der Waals surface area contributed by atoms with E-state index in [1.165, 1.54) is 13.2 Å². The van der Waals surface area contributed by atoms with E-state index in [1.807, 2.05) is 36.4 Å². The summed E-state index contributed by atoms with van der Waals surface area (Å²) in [5.41, 5.74) is 2.11. The van der Waals surface area contributed by atoms with Gasteiger partial charge in [0.15, 0.2) is 11.5 Å². The summed E-state index contributed by atoms with van der Waals surface area (Å²) in [7, 11) is 1.49. The Bertz CT molecular complexity index is 1280. The number of hydrogen-bond donors (Lipinski definition) is 1. The van der Waals surface area contributed by atoms with E-state index < -0.39 is 17.1 Å². The molecule has 0 saturated carbocycles. The van der Waals surface area contributed by atoms with Gasteiger partial charge in [-0.2, -0.15) is 0 Å². The quantitative estimate of drug-likeness (QED) is 0.398. The number of amides is 3. The molecule has 7 nitrogen and oxygen atoms in total. The van der Waals surface area contributed by atoms with Gasteiger partial charge in [0.25, 0.3) is 11.1 Å². The molecular weight excluding hydrogens is 488 g/mol. The zero-order valence-electron chi connectivity index (χ0n) is 18.7. The molecule has 3 amide bonds. The molecule has 0 aliphatic carbocycles. The summed E-state index contributed by atoms with van der Waals surface area (Å²) in [4.78, 5) is 38.6. The molecule has 1 N–H and O–H groups in total. The van der Waals surface area contributed by atoms with Gasteiger partial charge < -0.3 is 14.8 Å². The van der Waals surface area contributed by atoms with Crippen molar-refractivity contribution in [1.82, 2.24) is 4.90 Å². The molecule has 0 aromatic heterocycles. The molecule has 1 saturated heterocycles. The summed E-state index contributed by atoms with van der Waals surface area (Å²) in [5, 5.41) is 2.44. The summed E-state index contributed by atoms with van der Waals surface area (Å²) in [5.74, 6) is -0.255. The molecule has 0 bridgehead atoms. The molecule has 0 unspecified atom stereocenters. The minimum atomic E-state index is -0.553. The number of methoxy groups -OCH3 is 1. The summed E-state index contributed by atoms with van der Waals surface area (Å²) in [6, 6.07) is 21.7. The first-order chi connectivity index (χ1) is 16.9. The van der Waals surface area contributed by atoms with Crippen LogP contribution in [0.15, 0.2) is 77.7 Å². The fraction of sp³-hybridized carbons (Fsp3) is 0.115. The van der Waals surface area contributed by atoms with Crippen LogP contribution in [0.5, 0.6) is 11.5 Å². The molecule has 1 heterocycles. The van der Waals surface area contributed by atoms with Crippen molar-refractivity contribution in [3.8, 4) is 11.5 Å². The van der Waals surface area contributed by atoms with Gasteiger partial charge in [-0.15, -0.1) is 0 Å². The van der Waals surface area contributed by atoms with Gasteiger partial charge in [-0.1, -0.05) is 60.1 Å². The number of nitrogens with zero attached hydrogens (tertiary/aromatic N) is 1. The van der Waals surface area contributed by atoms with Crippen LogP contribution in [0.1, 0.15) is 11.1 Å². The van der Waals surface area contributed by atoms with Crippen LogP contribution in [0.4, 0.5) is 10.5 Å². The van der Waals surface area contributed by atoms with E-state index in [2.05, 4.69) is 5.32 Å². The lowest BCUT2D eigenvalue weighted by Crippen LogP contribution is -2.36. The number of rotatable bonds is 8. The number of thioether (sulfide) groups is 1. The Morgan fingerprint density at radius 2 is 1.74 bits per heavy atom. The zero-order valence-corrected chi connectivity index (χ0v) is 20.3. The highest BCUT2D eigenvalue weighted by molar-refractivity contribution is 8.18. The number of imide groups is 1. The van der Waals surface area contributed by atoms with Crippen molar-refractivity contribution >= 4 is 52.2 Å². The van der Waals surface area contributed by atoms with Gasteiger partial charge in [0, 0.05) is 5.69 Å². The van der Waals surface area contributed by atoms with E-state index in [4.69, 9.17) is 21.1 Å². The Balaban J connectivity index is 1.47. The Morgan fingerprint density at radius 3 is 2.43 bits per heavy atom. The number of carbonyl (C=O) groups is 3. The molecule has 3 aromatic rings. The summed E-state index contributed by atoms with van der Waals surface area (Å²) < 4.78 is 11.3. The summed E-state index contributed by atoms with van der Waals surface area (Å²) >= 11 is 7.21. The largest absolute Gasteiger partial charge is 0.493 e. The fourth-order valence-electron chi connectivity index (χ4n) is 3.35. The molecule has 3 aromatic carbocycles. The van der Waals surface area contributed by atoms with Crippen molar-refractivity contribution in [1.29, 1.82) is 0 Å². The molecule has 9 heteroatoms. The normalized spacial score (nSPS) is 14.3. The molecule has 35 heavy (non-hydrogen) atoms. The topological polar surface area (TPSA) is 84.9 Å². The fourth-order valence-corrected chi connectivity index (χ4v) is 4.46. The third kappa shape index (κ3) is 6.03. The average Bonchev–Trinajstić information content (AvgIpc) is 3.11. The van der Waals surface area contributed by atoms with Crippen molar-refractivity contribution in [3.05, 3.63) is 93.9 Å². The van der Waals surface area contributed by atoms with Crippen LogP contribution in [0.2, 0.25) is 5.02 Å². The van der Waals surface area contributed by atoms with E-state index in [9.17, 15) is 14.4 Å². The van der Waals surface area contributed by atoms with Gasteiger partial charge in [0.05, 0.1) is 17.0 Å². The van der Waals surface area contributed by atoms with Crippen LogP contribution in [-0.2, 0) is 16.2 Å². The lowest BCUT2D eigenvalue weighted by atomic mass is 10.1. The van der Waals surface area contributed by atoms with Gasteiger partial charge >= 0.3 is 0 Å². The lowest BCUT2D eigenvalue weighted by Gasteiger charge is -2.14. The summed E-state index contributed by atoms with van der Waals surface area (Å²) in [6.45, 7) is -0.0759. The number of carbonyl (C=O) groups excluding carboxylic acids is 3. The van der Waals surface area contributed by atoms with Gasteiger partial charge in [0.2, 0.25) is 5.91 Å². The lowest BCUT2D eigenvalue weighted by molar-refractivity contribution is -0.127. The van der Waals surface area contributed by atoms with Crippen molar-refractivity contribution in [2.75, 3.05) is 19.0 Å². The maximum Gasteiger partial charge on any atom is 0.294 e. The minimum Gasteiger partial charge on any atom is -0.493 e. The maximum absolute atomic E-state index is 12.8. The number of benzene rings is 3. The van der Waals surface area contributed by atoms with Gasteiger partial charge in [-0.3, -0.25) is 19.3 Å². The van der Waals surface area contributed by atoms with Crippen LogP contribution in [0, 0.1) is 0 Å². The van der Waals surface area contributed by atoms with Crippen LogP contribution < -0.4 is 14.8 Å². The Labute approximate surface area is 211 Å². The van der Waals surface area contributed by atoms with Crippen LogP contribution >= 0.6 is 23.4 Å².